The minimum absolute atomic E-state index is 0.0302. The summed E-state index contributed by atoms with van der Waals surface area (Å²) >= 11 is 0. The van der Waals surface area contributed by atoms with Crippen LogP contribution in [0.1, 0.15) is 269 Å². The fourth-order valence-electron chi connectivity index (χ4n) is 8.47. The van der Waals surface area contributed by atoms with E-state index in [0.29, 0.717) is 41.3 Å². The first-order chi connectivity index (χ1) is 52.2. The van der Waals surface area contributed by atoms with E-state index in [4.69, 9.17) is 44.1 Å². The van der Waals surface area contributed by atoms with Crippen molar-refractivity contribution in [3.63, 3.8) is 0 Å². The third kappa shape index (κ3) is 38.5. The van der Waals surface area contributed by atoms with E-state index in [1.165, 1.54) is 39.4 Å². The summed E-state index contributed by atoms with van der Waals surface area (Å²) in [6.45, 7) is 64.0. The van der Waals surface area contributed by atoms with Crippen LogP contribution in [0.2, 0.25) is 0 Å². The van der Waals surface area contributed by atoms with Crippen molar-refractivity contribution in [3.05, 3.63) is 132 Å². The Morgan fingerprint density at radius 2 is 1.08 bits per heavy atom. The highest BCUT2D eigenvalue weighted by atomic mass is 31.2. The summed E-state index contributed by atoms with van der Waals surface area (Å²) in [5.41, 5.74) is 4.06. The topological polar surface area (TPSA) is 457 Å². The van der Waals surface area contributed by atoms with Crippen LogP contribution < -0.4 is 21.9 Å². The van der Waals surface area contributed by atoms with Crippen LogP contribution >= 0.6 is 7.60 Å². The molecular formula is C79H127F5N15O17P. The number of nitrogens with one attached hydrogen (secondary N) is 3. The minimum atomic E-state index is -4.41. The highest BCUT2D eigenvalue weighted by Gasteiger charge is 2.42. The number of aromatic nitrogens is 8. The van der Waals surface area contributed by atoms with E-state index in [9.17, 15) is 55.3 Å². The second kappa shape index (κ2) is 41.6. The van der Waals surface area contributed by atoms with Gasteiger partial charge in [-0.25, -0.2) is 28.3 Å². The number of alkyl carbamates (subject to hydrolysis) is 1. The van der Waals surface area contributed by atoms with Crippen LogP contribution in [-0.4, -0.2) is 142 Å². The van der Waals surface area contributed by atoms with Gasteiger partial charge in [0.1, 0.15) is 30.6 Å². The molecule has 0 saturated carbocycles. The maximum atomic E-state index is 12.9. The quantitative estimate of drug-likeness (QED) is 0.0295. The Kier molecular flexibility index (Phi) is 38.1. The van der Waals surface area contributed by atoms with Crippen molar-refractivity contribution in [1.29, 1.82) is 0 Å². The Bertz CT molecular complexity index is 4550. The van der Waals surface area contributed by atoms with Gasteiger partial charge in [-0.2, -0.15) is 28.2 Å². The van der Waals surface area contributed by atoms with Gasteiger partial charge in [0.05, 0.1) is 53.9 Å². The number of hydrogen-bond donors (Lipinski definition) is 9. The normalized spacial score (nSPS) is 15.1. The van der Waals surface area contributed by atoms with E-state index < -0.39 is 54.3 Å². The lowest BCUT2D eigenvalue weighted by Gasteiger charge is -2.21. The highest BCUT2D eigenvalue weighted by Crippen LogP contribution is 2.49. The van der Waals surface area contributed by atoms with Crippen LogP contribution in [0, 0.1) is 33.3 Å². The number of cyclic esters (lactones) is 1. The van der Waals surface area contributed by atoms with Gasteiger partial charge in [-0.1, -0.05) is 218 Å². The van der Waals surface area contributed by atoms with Gasteiger partial charge in [-0.05, 0) is 59.7 Å². The smallest absolute Gasteiger partial charge is 0.451 e. The highest BCUT2D eigenvalue weighted by molar-refractivity contribution is 7.53. The van der Waals surface area contributed by atoms with Gasteiger partial charge in [0.25, 0.3) is 17.0 Å². The van der Waals surface area contributed by atoms with E-state index in [-0.39, 0.29) is 94.9 Å². The molecule has 0 spiro atoms. The third-order valence-corrected chi connectivity index (χ3v) is 17.7. The second-order valence-corrected chi connectivity index (χ2v) is 40.9. The lowest BCUT2D eigenvalue weighted by Crippen LogP contribution is -2.34. The Morgan fingerprint density at radius 1 is 0.581 bits per heavy atom. The predicted octanol–water partition coefficient (Wildman–Crippen LogP) is 16.4. The third-order valence-electron chi connectivity index (χ3n) is 16.0. The van der Waals surface area contributed by atoms with Gasteiger partial charge in [-0.3, -0.25) is 43.8 Å². The molecule has 0 aliphatic carbocycles. The molecule has 9 heterocycles. The maximum absolute atomic E-state index is 12.9. The van der Waals surface area contributed by atoms with Crippen LogP contribution in [0.25, 0.3) is 0 Å². The zero-order chi connectivity index (χ0) is 92.2. The number of H-pyrrole nitrogens is 2. The first kappa shape index (κ1) is 107. The molecule has 1 aromatic carbocycles. The van der Waals surface area contributed by atoms with Gasteiger partial charge >= 0.3 is 25.8 Å². The van der Waals surface area contributed by atoms with Crippen molar-refractivity contribution in [2.75, 3.05) is 13.1 Å². The number of aromatic amines is 2. The van der Waals surface area contributed by atoms with Crippen LogP contribution in [0.3, 0.4) is 0 Å². The Morgan fingerprint density at radius 3 is 1.30 bits per heavy atom. The SMILES string of the molecule is CC(C)(C)C1=NC(C(F)(F)F)=NC1.CC(C)(C)C1=NN=NC1.CC(C)(C)C1=NOC(=O)C1.CC(C)(C)C1OC(=O)NC1=O.CC(C)(C)P(=O)(O)O.CC(C)(C)c1cc(=O)[nH]o1.CC(C)(C)c1cc(F)c(O)c(F)c1.CC(C)(C)c1cncn1O.CC(C)(C)c1cnnn1O.CC(C)(C)c1cocc(O)c1=O.Cn1[nH]c(=O)cc1C(C)(C)C. The number of alkyl halides is 3. The standard InChI is InChI=1S/C10H12F2O.C9H12O3.C8H11F3N2.C8H14N2O.C7H12N2O.C7H11NO3.2C7H11NO2.C6H11N3O.C6H11N3.C4H11O3P/c1-10(2,3)6-4-7(11)9(13)8(12)5-6;1-9(2,3)6-4-12-5-7(10)8(6)11;1-7(2,3)5-4-12-6(13-5)8(9,10)11;1-8(2,3)6-5-7(11)9-10(6)4;1-7(2,3)6-4-8-5-9(6)10;1-7(2,3)4-5(9)8-6(10)11-4;1-7(2,3)5-4-6(9)8-10-5;1-7(2,3)5-4-6(9)10-8-5;1-6(2,3)5-4-7-8-9(5)10;1-6(2,3)5-4-7-9-8-5;1-4(2,3)8(5,6)7/h4-5,13H,1-3H3;4-5,10H,1-3H3;4H2,1-3H3;5H,1-4H3,(H,9,11);4-5,10H,1-3H3;4H,1-3H3,(H,8,9,10);4H,1-3H3,(H,8,9);4H2,1-3H3;4,10H,1-3H3;4H2,1-3H3;1-3H3,(H2,5,6,7). The second-order valence-electron chi connectivity index (χ2n) is 38.5. The van der Waals surface area contributed by atoms with Crippen molar-refractivity contribution in [2.45, 2.75) is 285 Å². The number of aryl methyl sites for hydroxylation is 1. The van der Waals surface area contributed by atoms with Crippen LogP contribution in [0.5, 0.6) is 11.5 Å². The number of carbonyl (C=O) groups excluding carboxylic acids is 3. The molecule has 4 aliphatic heterocycles. The number of nitrogens with zero attached hydrogens (tertiary/aromatic N) is 12. The summed E-state index contributed by atoms with van der Waals surface area (Å²) < 4.78 is 89.6. The van der Waals surface area contributed by atoms with Crippen molar-refractivity contribution < 1.29 is 89.8 Å². The van der Waals surface area contributed by atoms with Crippen molar-refractivity contribution >= 4 is 48.5 Å². The first-order valence-electron chi connectivity index (χ1n) is 36.9. The summed E-state index contributed by atoms with van der Waals surface area (Å²) in [5.74, 6) is -3.97. The molecule has 0 radical (unpaired) electrons. The van der Waals surface area contributed by atoms with E-state index in [1.54, 1.807) is 23.1 Å². The lowest BCUT2D eigenvalue weighted by molar-refractivity contribution is -0.140. The molecule has 0 bridgehead atoms. The fourth-order valence-corrected chi connectivity index (χ4v) is 8.47. The number of halogens is 5. The molecule has 6 aromatic rings. The number of ether oxygens (including phenoxy) is 1. The molecule has 32 nitrogen and oxygen atoms in total. The van der Waals surface area contributed by atoms with E-state index in [0.717, 1.165) is 50.8 Å². The molecule has 5 aromatic heterocycles. The maximum Gasteiger partial charge on any atom is 0.451 e. The summed E-state index contributed by atoms with van der Waals surface area (Å²) in [6, 6.07) is 5.41. The van der Waals surface area contributed by atoms with Gasteiger partial charge in [-0.15, -0.1) is 10.2 Å². The zero-order valence-corrected chi connectivity index (χ0v) is 75.2. The number of carbonyl (C=O) groups is 3. The molecular weight excluding hydrogens is 1560 g/mol. The summed E-state index contributed by atoms with van der Waals surface area (Å²) in [7, 11) is -2.00. The number of benzene rings is 1. The molecule has 1 fully saturated rings. The number of phenolic OH excluding ortho intramolecular Hbond substituents is 1. The number of hydrogen-bond acceptors (Lipinski definition) is 24. The average molecular weight is 1680 g/mol. The number of amidine groups is 1. The Labute approximate surface area is 681 Å². The van der Waals surface area contributed by atoms with Crippen molar-refractivity contribution in [1.82, 2.24) is 45.1 Å². The van der Waals surface area contributed by atoms with Gasteiger partial charge in [0, 0.05) is 79.5 Å². The first-order valence-corrected chi connectivity index (χ1v) is 38.5. The average Bonchev–Trinajstić information content (AvgIpc) is 1.40. The van der Waals surface area contributed by atoms with Gasteiger partial charge in [0.15, 0.2) is 29.2 Å². The lowest BCUT2D eigenvalue weighted by atomic mass is 9.87. The number of imide groups is 1. The van der Waals surface area contributed by atoms with Crippen LogP contribution in [0.4, 0.5) is 26.7 Å². The molecule has 4 aliphatic rings. The number of oxime groups is 1. The number of rotatable bonds is 0. The van der Waals surface area contributed by atoms with E-state index in [2.05, 4.69) is 108 Å². The molecule has 1 atom stereocenters. The number of phenols is 1. The number of aromatic hydroxyl groups is 2. The molecule has 10 rings (SSSR count). The number of imidazole rings is 1. The molecule has 38 heteroatoms. The summed E-state index contributed by atoms with van der Waals surface area (Å²) in [6.07, 6.45) is 1.68. The molecule has 2 amide bonds. The van der Waals surface area contributed by atoms with Gasteiger partial charge < -0.3 is 48.9 Å². The van der Waals surface area contributed by atoms with Gasteiger partial charge in [0.2, 0.25) is 11.3 Å². The van der Waals surface area contributed by atoms with E-state index >= 15 is 0 Å². The fraction of sp³-hybridized carbons (Fsp3) is 0.633. The van der Waals surface area contributed by atoms with Crippen LogP contribution in [0.15, 0.2) is 109 Å². The predicted molar refractivity (Wildman–Crippen MR) is 438 cm³/mol. The molecule has 1 saturated heterocycles. The zero-order valence-electron chi connectivity index (χ0n) is 74.3. The number of amides is 2. The van der Waals surface area contributed by atoms with Crippen molar-refractivity contribution in [2.24, 2.45) is 59.3 Å². The molecule has 660 valence electrons. The minimum Gasteiger partial charge on any atom is -0.503 e. The summed E-state index contributed by atoms with van der Waals surface area (Å²) in [5, 5.41) is 64.0. The Balaban J connectivity index is 0.00000127. The molecule has 117 heavy (non-hydrogen) atoms. The van der Waals surface area contributed by atoms with Crippen LogP contribution in [-0.2, 0) is 63.3 Å². The van der Waals surface area contributed by atoms with Crippen molar-refractivity contribution in [3.8, 4) is 11.5 Å². The monoisotopic (exact) mass is 1680 g/mol. The number of aliphatic imine (C=N–C) groups is 2. The molecule has 1 unspecified atom stereocenters. The molecule has 9 N–H and O–H groups in total. The largest absolute Gasteiger partial charge is 0.503 e. The van der Waals surface area contributed by atoms with E-state index in [1.807, 2.05) is 173 Å². The summed E-state index contributed by atoms with van der Waals surface area (Å²) in [4.78, 5) is 97.7. The Hall–Kier alpha value is -9.77.